The number of benzene rings is 1. The van der Waals surface area contributed by atoms with Crippen LogP contribution in [0.25, 0.3) is 11.3 Å². The quantitative estimate of drug-likeness (QED) is 0.674. The van der Waals surface area contributed by atoms with Gasteiger partial charge in [-0.2, -0.15) is 0 Å². The number of rotatable bonds is 4. The Hall–Kier alpha value is -2.96. The SMILES string of the molecule is CC(C)c1cc(C2CCCN2C(=O)c2cc(-c3ccc(F)cc3)no2)on1. The normalized spacial score (nSPS) is 17.0. The summed E-state index contributed by atoms with van der Waals surface area (Å²) in [6.07, 6.45) is 1.70. The lowest BCUT2D eigenvalue weighted by Gasteiger charge is -2.21. The van der Waals surface area contributed by atoms with E-state index in [0.29, 0.717) is 23.6 Å². The van der Waals surface area contributed by atoms with Crippen LogP contribution in [0.5, 0.6) is 0 Å². The zero-order valence-electron chi connectivity index (χ0n) is 15.2. The fraction of sp³-hybridized carbons (Fsp3) is 0.350. The molecule has 1 amide bonds. The van der Waals surface area contributed by atoms with E-state index in [2.05, 4.69) is 10.3 Å². The van der Waals surface area contributed by atoms with Gasteiger partial charge in [-0.3, -0.25) is 4.79 Å². The number of carbonyl (C=O) groups excluding carboxylic acids is 1. The van der Waals surface area contributed by atoms with E-state index in [4.69, 9.17) is 9.05 Å². The van der Waals surface area contributed by atoms with Gasteiger partial charge in [-0.25, -0.2) is 4.39 Å². The maximum Gasteiger partial charge on any atom is 0.293 e. The van der Waals surface area contributed by atoms with Crippen LogP contribution < -0.4 is 0 Å². The third-order valence-corrected chi connectivity index (χ3v) is 4.84. The highest BCUT2D eigenvalue weighted by molar-refractivity contribution is 5.92. The molecule has 0 bridgehead atoms. The number of likely N-dealkylation sites (tertiary alicyclic amines) is 1. The Kier molecular flexibility index (Phi) is 4.51. The second kappa shape index (κ2) is 6.98. The van der Waals surface area contributed by atoms with Crippen molar-refractivity contribution >= 4 is 5.91 Å². The molecule has 0 N–H and O–H groups in total. The van der Waals surface area contributed by atoms with Crippen molar-refractivity contribution in [2.45, 2.75) is 38.6 Å². The monoisotopic (exact) mass is 369 g/mol. The molecule has 3 heterocycles. The predicted molar refractivity (Wildman–Crippen MR) is 95.5 cm³/mol. The van der Waals surface area contributed by atoms with E-state index in [1.54, 1.807) is 23.1 Å². The number of nitrogens with zero attached hydrogens (tertiary/aromatic N) is 3. The van der Waals surface area contributed by atoms with Crippen molar-refractivity contribution < 1.29 is 18.2 Å². The molecule has 1 aliphatic rings. The van der Waals surface area contributed by atoms with Gasteiger partial charge in [-0.1, -0.05) is 24.2 Å². The molecule has 3 aromatic rings. The minimum atomic E-state index is -0.328. The summed E-state index contributed by atoms with van der Waals surface area (Å²) in [7, 11) is 0. The molecule has 1 saturated heterocycles. The van der Waals surface area contributed by atoms with Crippen molar-refractivity contribution in [1.29, 1.82) is 0 Å². The highest BCUT2D eigenvalue weighted by Gasteiger charge is 2.35. The van der Waals surface area contributed by atoms with Gasteiger partial charge in [-0.05, 0) is 43.0 Å². The fourth-order valence-electron chi connectivity index (χ4n) is 3.31. The largest absolute Gasteiger partial charge is 0.359 e. The van der Waals surface area contributed by atoms with Crippen molar-refractivity contribution in [2.24, 2.45) is 0 Å². The smallest absolute Gasteiger partial charge is 0.293 e. The topological polar surface area (TPSA) is 72.4 Å². The molecule has 2 aromatic heterocycles. The molecule has 27 heavy (non-hydrogen) atoms. The van der Waals surface area contributed by atoms with Crippen LogP contribution in [0.15, 0.2) is 45.4 Å². The Labute approximate surface area is 155 Å². The predicted octanol–water partition coefficient (Wildman–Crippen LogP) is 4.57. The van der Waals surface area contributed by atoms with Crippen molar-refractivity contribution in [2.75, 3.05) is 6.54 Å². The van der Waals surface area contributed by atoms with Crippen molar-refractivity contribution in [3.8, 4) is 11.3 Å². The number of aromatic nitrogens is 2. The maximum absolute atomic E-state index is 13.1. The van der Waals surface area contributed by atoms with Crippen LogP contribution in [0.4, 0.5) is 4.39 Å². The Bertz CT molecular complexity index is 946. The molecule has 0 radical (unpaired) electrons. The van der Waals surface area contributed by atoms with Gasteiger partial charge in [-0.15, -0.1) is 0 Å². The average molecular weight is 369 g/mol. The summed E-state index contributed by atoms with van der Waals surface area (Å²) in [6.45, 7) is 4.71. The number of hydrogen-bond acceptors (Lipinski definition) is 5. The lowest BCUT2D eigenvalue weighted by atomic mass is 10.1. The van der Waals surface area contributed by atoms with Gasteiger partial charge in [0.05, 0.1) is 11.7 Å². The molecule has 0 spiro atoms. The number of halogens is 1. The molecule has 7 heteroatoms. The fourth-order valence-corrected chi connectivity index (χ4v) is 3.31. The van der Waals surface area contributed by atoms with Gasteiger partial charge in [0.1, 0.15) is 11.5 Å². The Morgan fingerprint density at radius 2 is 1.96 bits per heavy atom. The number of hydrogen-bond donors (Lipinski definition) is 0. The molecule has 140 valence electrons. The summed E-state index contributed by atoms with van der Waals surface area (Å²) in [4.78, 5) is 14.7. The lowest BCUT2D eigenvalue weighted by Crippen LogP contribution is -2.30. The third-order valence-electron chi connectivity index (χ3n) is 4.84. The van der Waals surface area contributed by atoms with Gasteiger partial charge in [0.15, 0.2) is 5.76 Å². The molecular formula is C20H20FN3O3. The van der Waals surface area contributed by atoms with Gasteiger partial charge in [0.25, 0.3) is 5.91 Å². The van der Waals surface area contributed by atoms with Crippen LogP contribution in [0.3, 0.4) is 0 Å². The summed E-state index contributed by atoms with van der Waals surface area (Å²) < 4.78 is 23.8. The van der Waals surface area contributed by atoms with Gasteiger partial charge < -0.3 is 13.9 Å². The summed E-state index contributed by atoms with van der Waals surface area (Å²) >= 11 is 0. The first-order chi connectivity index (χ1) is 13.0. The first kappa shape index (κ1) is 17.5. The molecule has 1 aliphatic heterocycles. The molecule has 1 aromatic carbocycles. The summed E-state index contributed by atoms with van der Waals surface area (Å²) in [5.41, 5.74) is 2.06. The van der Waals surface area contributed by atoms with Crippen molar-refractivity contribution in [1.82, 2.24) is 15.2 Å². The van der Waals surface area contributed by atoms with Crippen LogP contribution in [0, 0.1) is 5.82 Å². The second-order valence-corrected chi connectivity index (χ2v) is 7.05. The summed E-state index contributed by atoms with van der Waals surface area (Å²) in [5.74, 6) is 0.556. The van der Waals surface area contributed by atoms with E-state index in [1.807, 2.05) is 19.9 Å². The first-order valence-corrected chi connectivity index (χ1v) is 9.03. The number of carbonyl (C=O) groups is 1. The molecule has 0 saturated carbocycles. The highest BCUT2D eigenvalue weighted by Crippen LogP contribution is 2.34. The van der Waals surface area contributed by atoms with Gasteiger partial charge in [0.2, 0.25) is 5.76 Å². The molecule has 6 nitrogen and oxygen atoms in total. The van der Waals surface area contributed by atoms with Crippen LogP contribution >= 0.6 is 0 Å². The Balaban J connectivity index is 1.55. The molecular weight excluding hydrogens is 349 g/mol. The number of amides is 1. The van der Waals surface area contributed by atoms with Crippen LogP contribution in [-0.2, 0) is 0 Å². The molecule has 0 aliphatic carbocycles. The van der Waals surface area contributed by atoms with Crippen molar-refractivity contribution in [3.05, 3.63) is 59.4 Å². The van der Waals surface area contributed by atoms with E-state index in [-0.39, 0.29) is 29.4 Å². The molecule has 4 rings (SSSR count). The van der Waals surface area contributed by atoms with Gasteiger partial charge >= 0.3 is 0 Å². The lowest BCUT2D eigenvalue weighted by molar-refractivity contribution is 0.0672. The molecule has 1 atom stereocenters. The average Bonchev–Trinajstić information content (AvgIpc) is 3.40. The molecule has 1 unspecified atom stereocenters. The van der Waals surface area contributed by atoms with Crippen LogP contribution in [-0.4, -0.2) is 27.7 Å². The standard InChI is InChI=1S/C20H20FN3O3/c1-12(2)15-10-18(26-22-15)17-4-3-9-24(17)20(25)19-11-16(23-27-19)13-5-7-14(21)8-6-13/h5-8,10-12,17H,3-4,9H2,1-2H3. The minimum Gasteiger partial charge on any atom is -0.359 e. The van der Waals surface area contributed by atoms with Crippen LogP contribution in [0.1, 0.15) is 60.7 Å². The molecule has 1 fully saturated rings. The van der Waals surface area contributed by atoms with E-state index in [0.717, 1.165) is 18.5 Å². The Morgan fingerprint density at radius 1 is 1.19 bits per heavy atom. The highest BCUT2D eigenvalue weighted by atomic mass is 19.1. The van der Waals surface area contributed by atoms with E-state index < -0.39 is 0 Å². The zero-order chi connectivity index (χ0) is 19.0. The summed E-state index contributed by atoms with van der Waals surface area (Å²) in [6, 6.07) is 9.24. The zero-order valence-corrected chi connectivity index (χ0v) is 15.2. The van der Waals surface area contributed by atoms with E-state index in [1.165, 1.54) is 12.1 Å². The van der Waals surface area contributed by atoms with Crippen LogP contribution in [0.2, 0.25) is 0 Å². The van der Waals surface area contributed by atoms with Gasteiger partial charge in [0, 0.05) is 24.2 Å². The van der Waals surface area contributed by atoms with E-state index in [9.17, 15) is 9.18 Å². The summed E-state index contributed by atoms with van der Waals surface area (Å²) in [5, 5.41) is 8.05. The second-order valence-electron chi connectivity index (χ2n) is 7.05. The minimum absolute atomic E-state index is 0.156. The maximum atomic E-state index is 13.1. The third kappa shape index (κ3) is 3.37. The Morgan fingerprint density at radius 3 is 2.67 bits per heavy atom. The van der Waals surface area contributed by atoms with Crippen molar-refractivity contribution in [3.63, 3.8) is 0 Å². The van der Waals surface area contributed by atoms with E-state index >= 15 is 0 Å². The first-order valence-electron chi connectivity index (χ1n) is 9.03.